The minimum atomic E-state index is -0.761. The number of carbonyl (C=O) groups excluding carboxylic acids is 1. The van der Waals surface area contributed by atoms with E-state index in [-0.39, 0.29) is 11.7 Å². The number of nitrogens with zero attached hydrogens (tertiary/aromatic N) is 3. The van der Waals surface area contributed by atoms with Crippen molar-refractivity contribution in [3.05, 3.63) is 130 Å². The van der Waals surface area contributed by atoms with Gasteiger partial charge in [-0.25, -0.2) is 9.97 Å². The number of rotatable bonds is 3. The van der Waals surface area contributed by atoms with Gasteiger partial charge in [0.15, 0.2) is 5.78 Å². The van der Waals surface area contributed by atoms with E-state index in [1.54, 1.807) is 0 Å². The molecule has 4 nitrogen and oxygen atoms in total. The Labute approximate surface area is 233 Å². The number of Topliss-reactive ketones (excluding diaryl/α,β-unsaturated/α-hetero) is 1. The molecule has 0 N–H and O–H groups in total. The molecule has 1 aliphatic carbocycles. The normalized spacial score (nSPS) is 21.8. The van der Waals surface area contributed by atoms with Gasteiger partial charge in [-0.2, -0.15) is 0 Å². The lowest BCUT2D eigenvalue weighted by atomic mass is 9.70. The van der Waals surface area contributed by atoms with Crippen LogP contribution in [0.1, 0.15) is 44.2 Å². The number of likely N-dealkylation sites (N-methyl/N-ethyl adjacent to an activating group) is 1. The lowest BCUT2D eigenvalue weighted by Crippen LogP contribution is -2.46. The number of fused-ring (bicyclic) bond motifs is 6. The maximum Gasteiger partial charge on any atom is 0.169 e. The van der Waals surface area contributed by atoms with Crippen molar-refractivity contribution in [3.63, 3.8) is 0 Å². The predicted octanol–water partition coefficient (Wildman–Crippen LogP) is 7.35. The Kier molecular flexibility index (Phi) is 5.48. The number of benzene rings is 4. The first-order chi connectivity index (χ1) is 18.9. The van der Waals surface area contributed by atoms with Crippen LogP contribution >= 0.6 is 11.6 Å². The summed E-state index contributed by atoms with van der Waals surface area (Å²) in [6.07, 6.45) is 0. The van der Waals surface area contributed by atoms with Gasteiger partial charge in [0.25, 0.3) is 0 Å². The minimum absolute atomic E-state index is 0.0590. The lowest BCUT2D eigenvalue weighted by molar-refractivity contribution is 0.0807. The molecule has 1 aliphatic heterocycles. The molecule has 0 saturated carbocycles. The zero-order chi connectivity index (χ0) is 26.9. The van der Waals surface area contributed by atoms with E-state index < -0.39 is 11.5 Å². The van der Waals surface area contributed by atoms with Crippen LogP contribution in [0.4, 0.5) is 0 Å². The number of ketones is 1. The van der Waals surface area contributed by atoms with Gasteiger partial charge >= 0.3 is 0 Å². The quantitative estimate of drug-likeness (QED) is 0.229. The second-order valence-electron chi connectivity index (χ2n) is 10.9. The Morgan fingerprint density at radius 2 is 1.51 bits per heavy atom. The van der Waals surface area contributed by atoms with Crippen LogP contribution in [-0.4, -0.2) is 34.2 Å². The van der Waals surface area contributed by atoms with Crippen LogP contribution in [0, 0.1) is 19.8 Å². The minimum Gasteiger partial charge on any atom is -0.294 e. The molecule has 3 atom stereocenters. The van der Waals surface area contributed by atoms with E-state index in [1.807, 2.05) is 48.5 Å². The van der Waals surface area contributed by atoms with Gasteiger partial charge in [-0.1, -0.05) is 78.3 Å². The monoisotopic (exact) mass is 529 g/mol. The Hall–Kier alpha value is -3.86. The van der Waals surface area contributed by atoms with Crippen LogP contribution < -0.4 is 0 Å². The summed E-state index contributed by atoms with van der Waals surface area (Å²) in [5.74, 6) is -0.354. The Bertz CT molecular complexity index is 1770. The van der Waals surface area contributed by atoms with Crippen LogP contribution in [0.3, 0.4) is 0 Å². The fraction of sp³-hybridized carbons (Fsp3) is 0.206. The van der Waals surface area contributed by atoms with E-state index in [0.717, 1.165) is 39.1 Å². The molecule has 1 fully saturated rings. The first-order valence-corrected chi connectivity index (χ1v) is 13.7. The highest BCUT2D eigenvalue weighted by Crippen LogP contribution is 2.60. The van der Waals surface area contributed by atoms with Crippen molar-refractivity contribution < 1.29 is 4.79 Å². The van der Waals surface area contributed by atoms with Gasteiger partial charge in [-0.3, -0.25) is 9.69 Å². The molecule has 39 heavy (non-hydrogen) atoms. The molecule has 2 heterocycles. The molecule has 4 aromatic carbocycles. The molecule has 192 valence electrons. The molecule has 1 spiro atoms. The zero-order valence-electron chi connectivity index (χ0n) is 22.1. The second kappa shape index (κ2) is 8.84. The topological polar surface area (TPSA) is 46.1 Å². The second-order valence-corrected chi connectivity index (χ2v) is 11.3. The Morgan fingerprint density at radius 1 is 0.872 bits per heavy atom. The van der Waals surface area contributed by atoms with Gasteiger partial charge in [-0.15, -0.1) is 0 Å². The highest BCUT2D eigenvalue weighted by molar-refractivity contribution is 6.30. The number of hydrogen-bond acceptors (Lipinski definition) is 4. The van der Waals surface area contributed by atoms with Gasteiger partial charge < -0.3 is 0 Å². The molecule has 1 aromatic heterocycles. The summed E-state index contributed by atoms with van der Waals surface area (Å²) >= 11 is 6.28. The fourth-order valence-corrected chi connectivity index (χ4v) is 6.98. The summed E-state index contributed by atoms with van der Waals surface area (Å²) in [5.41, 5.74) is 9.04. The van der Waals surface area contributed by atoms with Crippen molar-refractivity contribution in [2.75, 3.05) is 13.6 Å². The molecule has 1 unspecified atom stereocenters. The van der Waals surface area contributed by atoms with Crippen LogP contribution in [-0.2, 0) is 5.54 Å². The molecule has 0 amide bonds. The number of likely N-dealkylation sites (tertiary alicyclic amines) is 1. The largest absolute Gasteiger partial charge is 0.294 e. The third-order valence-electron chi connectivity index (χ3n) is 8.80. The van der Waals surface area contributed by atoms with E-state index in [2.05, 4.69) is 68.3 Å². The smallest absolute Gasteiger partial charge is 0.169 e. The van der Waals surface area contributed by atoms with E-state index in [4.69, 9.17) is 21.6 Å². The van der Waals surface area contributed by atoms with Gasteiger partial charge in [0.1, 0.15) is 5.54 Å². The van der Waals surface area contributed by atoms with E-state index in [9.17, 15) is 4.79 Å². The highest BCUT2D eigenvalue weighted by atomic mass is 35.5. The van der Waals surface area contributed by atoms with Gasteiger partial charge in [0, 0.05) is 28.6 Å². The van der Waals surface area contributed by atoms with Crippen molar-refractivity contribution in [2.24, 2.45) is 5.92 Å². The van der Waals surface area contributed by atoms with Gasteiger partial charge in [0.2, 0.25) is 0 Å². The standard InChI is InChI=1S/C34H28ClN3O/c1-20-17-28-29(18-21(20)2)37-33-31(36-28)25-11-7-8-12-27(25)34(33)30(32(39)23-9-5-4-6-10-23)26(19-38(34)3)22-13-15-24(35)16-14-22/h4-18,26,30H,19H2,1-3H3/t26-,30+,34?/m0/s1. The summed E-state index contributed by atoms with van der Waals surface area (Å²) in [7, 11) is 2.12. The van der Waals surface area contributed by atoms with E-state index in [1.165, 1.54) is 11.1 Å². The number of aromatic nitrogens is 2. The maximum absolute atomic E-state index is 14.7. The summed E-state index contributed by atoms with van der Waals surface area (Å²) in [5, 5.41) is 0.685. The summed E-state index contributed by atoms with van der Waals surface area (Å²) in [6.45, 7) is 4.91. The maximum atomic E-state index is 14.7. The van der Waals surface area contributed by atoms with Crippen LogP contribution in [0.15, 0.2) is 91.0 Å². The molecule has 7 rings (SSSR count). The van der Waals surface area contributed by atoms with E-state index in [0.29, 0.717) is 17.1 Å². The van der Waals surface area contributed by atoms with Crippen LogP contribution in [0.25, 0.3) is 22.3 Å². The SMILES string of the molecule is Cc1cc2nc3c(nc2cc1C)C1(c2ccccc2-3)[C@@H](C(=O)c2ccccc2)[C@H](c2ccc(Cl)cc2)CN1C. The molecular weight excluding hydrogens is 502 g/mol. The van der Waals surface area contributed by atoms with Crippen LogP contribution in [0.2, 0.25) is 5.02 Å². The first-order valence-electron chi connectivity index (χ1n) is 13.3. The molecule has 5 heteroatoms. The van der Waals surface area contributed by atoms with Crippen molar-refractivity contribution >= 4 is 28.4 Å². The predicted molar refractivity (Wildman–Crippen MR) is 156 cm³/mol. The number of halogens is 1. The Balaban J connectivity index is 1.55. The zero-order valence-corrected chi connectivity index (χ0v) is 22.9. The summed E-state index contributed by atoms with van der Waals surface area (Å²) < 4.78 is 0. The van der Waals surface area contributed by atoms with Crippen molar-refractivity contribution in [1.29, 1.82) is 0 Å². The number of hydrogen-bond donors (Lipinski definition) is 0. The molecule has 1 saturated heterocycles. The molecule has 0 bridgehead atoms. The van der Waals surface area contributed by atoms with Crippen molar-refractivity contribution in [2.45, 2.75) is 25.3 Å². The molecule has 0 radical (unpaired) electrons. The summed E-state index contributed by atoms with van der Waals surface area (Å²) in [6, 6.07) is 30.3. The molecular formula is C34H28ClN3O. The first kappa shape index (κ1) is 24.2. The third-order valence-corrected chi connectivity index (χ3v) is 9.05. The van der Waals surface area contributed by atoms with Crippen molar-refractivity contribution in [3.8, 4) is 11.3 Å². The van der Waals surface area contributed by atoms with Crippen LogP contribution in [0.5, 0.6) is 0 Å². The average Bonchev–Trinajstić information content (AvgIpc) is 3.41. The number of aryl methyl sites for hydroxylation is 2. The molecule has 2 aliphatic rings. The molecule has 5 aromatic rings. The van der Waals surface area contributed by atoms with E-state index >= 15 is 0 Å². The third kappa shape index (κ3) is 3.45. The average molecular weight is 530 g/mol. The Morgan fingerprint density at radius 3 is 2.23 bits per heavy atom. The lowest BCUT2D eigenvalue weighted by Gasteiger charge is -2.38. The fourth-order valence-electron chi connectivity index (χ4n) is 6.85. The van der Waals surface area contributed by atoms with Gasteiger partial charge in [-0.05, 0) is 67.4 Å². The van der Waals surface area contributed by atoms with Crippen molar-refractivity contribution in [1.82, 2.24) is 14.9 Å². The highest BCUT2D eigenvalue weighted by Gasteiger charge is 2.62. The summed E-state index contributed by atoms with van der Waals surface area (Å²) in [4.78, 5) is 27.6. The number of carbonyl (C=O) groups is 1. The van der Waals surface area contributed by atoms with Gasteiger partial charge in [0.05, 0.1) is 28.3 Å².